The van der Waals surface area contributed by atoms with Crippen LogP contribution in [0.2, 0.25) is 0 Å². The largest absolute Gasteiger partial charge is 0.300 e. The van der Waals surface area contributed by atoms with E-state index in [-0.39, 0.29) is 5.78 Å². The minimum atomic E-state index is 0.220. The van der Waals surface area contributed by atoms with Gasteiger partial charge < -0.3 is 4.90 Å². The predicted octanol–water partition coefficient (Wildman–Crippen LogP) is 4.14. The van der Waals surface area contributed by atoms with Crippen molar-refractivity contribution in [3.8, 4) is 0 Å². The van der Waals surface area contributed by atoms with E-state index in [0.29, 0.717) is 12.5 Å². The average Bonchev–Trinajstić information content (AvgIpc) is 2.33. The topological polar surface area (TPSA) is 20.3 Å². The molecule has 0 bridgehead atoms. The second-order valence-electron chi connectivity index (χ2n) is 4.81. The summed E-state index contributed by atoms with van der Waals surface area (Å²) in [6, 6.07) is 8.12. The van der Waals surface area contributed by atoms with Gasteiger partial charge in [0.1, 0.15) is 0 Å². The van der Waals surface area contributed by atoms with E-state index in [1.165, 1.54) is 0 Å². The maximum atomic E-state index is 12.1. The molecule has 0 radical (unpaired) electrons. The molecule has 0 amide bonds. The molecular weight excluding hydrogens is 290 g/mol. The number of halogens is 1. The highest BCUT2D eigenvalue weighted by atomic mass is 79.9. The molecule has 0 atom stereocenters. The Morgan fingerprint density at radius 1 is 1.33 bits per heavy atom. The van der Waals surface area contributed by atoms with Gasteiger partial charge in [0, 0.05) is 29.0 Å². The van der Waals surface area contributed by atoms with Crippen LogP contribution in [-0.2, 0) is 0 Å². The Hall–Kier alpha value is -0.670. The highest BCUT2D eigenvalue weighted by Crippen LogP contribution is 2.13. The van der Waals surface area contributed by atoms with Crippen LogP contribution >= 0.6 is 15.9 Å². The molecule has 100 valence electrons. The summed E-state index contributed by atoms with van der Waals surface area (Å²) in [4.78, 5) is 14.4. The van der Waals surface area contributed by atoms with E-state index in [2.05, 4.69) is 41.6 Å². The molecule has 0 aliphatic heterocycles. The third-order valence-electron chi connectivity index (χ3n) is 3.01. The lowest BCUT2D eigenvalue weighted by Crippen LogP contribution is -2.33. The lowest BCUT2D eigenvalue weighted by molar-refractivity contribution is 0.0955. The van der Waals surface area contributed by atoms with Gasteiger partial charge in [0.15, 0.2) is 5.78 Å². The van der Waals surface area contributed by atoms with E-state index in [4.69, 9.17) is 0 Å². The molecule has 0 unspecified atom stereocenters. The molecule has 0 N–H and O–H groups in total. The maximum absolute atomic E-state index is 12.1. The van der Waals surface area contributed by atoms with Crippen LogP contribution in [0.15, 0.2) is 28.7 Å². The minimum absolute atomic E-state index is 0.220. The normalized spacial score (nSPS) is 11.2. The third-order valence-corrected chi connectivity index (χ3v) is 3.51. The second kappa shape index (κ2) is 7.70. The van der Waals surface area contributed by atoms with Gasteiger partial charge in [0.2, 0.25) is 0 Å². The molecule has 1 rings (SSSR count). The Kier molecular flexibility index (Phi) is 6.58. The number of carbonyl (C=O) groups excluding carboxylic acids is 1. The summed E-state index contributed by atoms with van der Waals surface area (Å²) < 4.78 is 0.961. The number of hydrogen-bond acceptors (Lipinski definition) is 2. The third kappa shape index (κ3) is 4.91. The summed E-state index contributed by atoms with van der Waals surface area (Å²) in [6.45, 7) is 8.43. The standard InChI is InChI=1S/C15H22BrNO/c1-4-9-17(12(2)3)10-8-15(18)13-6-5-7-14(16)11-13/h5-7,11-12H,4,8-10H2,1-3H3. The van der Waals surface area contributed by atoms with Gasteiger partial charge in [0.05, 0.1) is 0 Å². The predicted molar refractivity (Wildman–Crippen MR) is 80.1 cm³/mol. The summed E-state index contributed by atoms with van der Waals surface area (Å²) in [5.41, 5.74) is 0.796. The highest BCUT2D eigenvalue weighted by Gasteiger charge is 2.12. The van der Waals surface area contributed by atoms with Crippen molar-refractivity contribution >= 4 is 21.7 Å². The first kappa shape index (κ1) is 15.4. The second-order valence-corrected chi connectivity index (χ2v) is 5.73. The van der Waals surface area contributed by atoms with Crippen molar-refractivity contribution in [3.63, 3.8) is 0 Å². The summed E-state index contributed by atoms with van der Waals surface area (Å²) in [7, 11) is 0. The van der Waals surface area contributed by atoms with Gasteiger partial charge in [-0.05, 0) is 38.9 Å². The summed E-state index contributed by atoms with van der Waals surface area (Å²) in [5, 5.41) is 0. The van der Waals surface area contributed by atoms with Crippen LogP contribution in [0.1, 0.15) is 44.0 Å². The molecule has 0 spiro atoms. The summed E-state index contributed by atoms with van der Waals surface area (Å²) >= 11 is 3.40. The van der Waals surface area contributed by atoms with Crippen molar-refractivity contribution < 1.29 is 4.79 Å². The molecule has 0 aliphatic rings. The molecule has 0 saturated carbocycles. The lowest BCUT2D eigenvalue weighted by Gasteiger charge is -2.25. The molecule has 0 aliphatic carbocycles. The molecule has 0 heterocycles. The Morgan fingerprint density at radius 2 is 2.06 bits per heavy atom. The zero-order valence-corrected chi connectivity index (χ0v) is 13.0. The van der Waals surface area contributed by atoms with Crippen molar-refractivity contribution in [2.45, 2.75) is 39.7 Å². The van der Waals surface area contributed by atoms with Gasteiger partial charge >= 0.3 is 0 Å². The first-order chi connectivity index (χ1) is 8.54. The van der Waals surface area contributed by atoms with E-state index in [1.807, 2.05) is 24.3 Å². The molecule has 2 nitrogen and oxygen atoms in total. The van der Waals surface area contributed by atoms with Gasteiger partial charge in [-0.15, -0.1) is 0 Å². The number of carbonyl (C=O) groups is 1. The first-order valence-electron chi connectivity index (χ1n) is 6.57. The summed E-state index contributed by atoms with van der Waals surface area (Å²) in [5.74, 6) is 0.220. The van der Waals surface area contributed by atoms with Crippen LogP contribution in [0.4, 0.5) is 0 Å². The van der Waals surface area contributed by atoms with Gasteiger partial charge in [-0.25, -0.2) is 0 Å². The first-order valence-corrected chi connectivity index (χ1v) is 7.36. The summed E-state index contributed by atoms with van der Waals surface area (Å²) in [6.07, 6.45) is 1.72. The maximum Gasteiger partial charge on any atom is 0.164 e. The van der Waals surface area contributed by atoms with Gasteiger partial charge in [-0.3, -0.25) is 4.79 Å². The number of rotatable bonds is 7. The van der Waals surface area contributed by atoms with Gasteiger partial charge in [0.25, 0.3) is 0 Å². The van der Waals surface area contributed by atoms with Crippen molar-refractivity contribution in [1.29, 1.82) is 0 Å². The number of benzene rings is 1. The number of nitrogens with zero attached hydrogens (tertiary/aromatic N) is 1. The SMILES string of the molecule is CCCN(CCC(=O)c1cccc(Br)c1)C(C)C. The van der Waals surface area contributed by atoms with E-state index in [1.54, 1.807) is 0 Å². The number of hydrogen-bond donors (Lipinski definition) is 0. The zero-order chi connectivity index (χ0) is 13.5. The number of ketones is 1. The fraction of sp³-hybridized carbons (Fsp3) is 0.533. The minimum Gasteiger partial charge on any atom is -0.300 e. The molecule has 0 fully saturated rings. The monoisotopic (exact) mass is 311 g/mol. The Morgan fingerprint density at radius 3 is 2.61 bits per heavy atom. The van der Waals surface area contributed by atoms with E-state index in [9.17, 15) is 4.79 Å². The van der Waals surface area contributed by atoms with Crippen LogP contribution in [0, 0.1) is 0 Å². The van der Waals surface area contributed by atoms with Gasteiger partial charge in [-0.2, -0.15) is 0 Å². The smallest absolute Gasteiger partial charge is 0.164 e. The highest BCUT2D eigenvalue weighted by molar-refractivity contribution is 9.10. The molecule has 1 aromatic carbocycles. The van der Waals surface area contributed by atoms with Crippen molar-refractivity contribution in [1.82, 2.24) is 4.90 Å². The molecule has 3 heteroatoms. The molecular formula is C15H22BrNO. The Labute approximate surface area is 119 Å². The Balaban J connectivity index is 2.54. The van der Waals surface area contributed by atoms with E-state index in [0.717, 1.165) is 29.5 Å². The van der Waals surface area contributed by atoms with Crippen LogP contribution in [0.3, 0.4) is 0 Å². The Bertz CT molecular complexity index is 390. The van der Waals surface area contributed by atoms with Crippen molar-refractivity contribution in [3.05, 3.63) is 34.3 Å². The van der Waals surface area contributed by atoms with Crippen molar-refractivity contribution in [2.24, 2.45) is 0 Å². The molecule has 0 saturated heterocycles. The lowest BCUT2D eigenvalue weighted by atomic mass is 10.1. The van der Waals surface area contributed by atoms with Crippen LogP contribution in [0.5, 0.6) is 0 Å². The average molecular weight is 312 g/mol. The molecule has 18 heavy (non-hydrogen) atoms. The van der Waals surface area contributed by atoms with E-state index >= 15 is 0 Å². The number of Topliss-reactive ketones (excluding diaryl/α,β-unsaturated/α-hetero) is 1. The van der Waals surface area contributed by atoms with Crippen LogP contribution < -0.4 is 0 Å². The molecule has 1 aromatic rings. The fourth-order valence-corrected chi connectivity index (χ4v) is 2.37. The van der Waals surface area contributed by atoms with Crippen LogP contribution in [-0.4, -0.2) is 29.8 Å². The fourth-order valence-electron chi connectivity index (χ4n) is 1.97. The quantitative estimate of drug-likeness (QED) is 0.705. The van der Waals surface area contributed by atoms with Gasteiger partial charge in [-0.1, -0.05) is 35.0 Å². The van der Waals surface area contributed by atoms with E-state index < -0.39 is 0 Å². The molecule has 0 aromatic heterocycles. The zero-order valence-electron chi connectivity index (χ0n) is 11.4. The van der Waals surface area contributed by atoms with Crippen LogP contribution in [0.25, 0.3) is 0 Å². The van der Waals surface area contributed by atoms with Crippen molar-refractivity contribution in [2.75, 3.05) is 13.1 Å².